The lowest BCUT2D eigenvalue weighted by molar-refractivity contribution is 0.230. The second-order valence-electron chi connectivity index (χ2n) is 8.77. The Labute approximate surface area is 230 Å². The molecule has 0 fully saturated rings. The Kier molecular flexibility index (Phi) is 7.74. The van der Waals surface area contributed by atoms with Gasteiger partial charge in [0.05, 0.1) is 5.56 Å². The first-order valence-corrected chi connectivity index (χ1v) is 15.1. The molecule has 0 aliphatic carbocycles. The quantitative estimate of drug-likeness (QED) is 0.139. The number of rotatable bonds is 8. The molecule has 8 nitrogen and oxygen atoms in total. The Morgan fingerprint density at radius 1 is 0.475 bits per heavy atom. The van der Waals surface area contributed by atoms with E-state index in [-0.39, 0.29) is 17.1 Å². The SMILES string of the molecule is O=P(O)(O)OP(=O)(O)Oc1c(-c2ccccc2)c(O)c(-c2ccccc2)c(-c2ccccc2)c1-c1ccccc1. The fourth-order valence-corrected chi connectivity index (χ4v) is 6.23. The van der Waals surface area contributed by atoms with Crippen molar-refractivity contribution in [2.75, 3.05) is 0 Å². The molecule has 0 amide bonds. The van der Waals surface area contributed by atoms with Gasteiger partial charge in [0, 0.05) is 16.7 Å². The first-order valence-electron chi connectivity index (χ1n) is 12.1. The summed E-state index contributed by atoms with van der Waals surface area (Å²) in [4.78, 5) is 29.1. The number of aromatic hydroxyl groups is 1. The summed E-state index contributed by atoms with van der Waals surface area (Å²) >= 11 is 0. The van der Waals surface area contributed by atoms with E-state index in [2.05, 4.69) is 4.31 Å². The predicted molar refractivity (Wildman–Crippen MR) is 153 cm³/mol. The highest BCUT2D eigenvalue weighted by molar-refractivity contribution is 7.60. The highest BCUT2D eigenvalue weighted by Gasteiger charge is 2.38. The molecule has 4 N–H and O–H groups in total. The lowest BCUT2D eigenvalue weighted by Crippen LogP contribution is -2.03. The van der Waals surface area contributed by atoms with Crippen LogP contribution >= 0.6 is 15.6 Å². The highest BCUT2D eigenvalue weighted by atomic mass is 31.3. The monoisotopic (exact) mass is 574 g/mol. The van der Waals surface area contributed by atoms with Crippen LogP contribution in [0.3, 0.4) is 0 Å². The Hall–Kier alpha value is -4.00. The molecule has 0 aliphatic heterocycles. The van der Waals surface area contributed by atoms with E-state index in [9.17, 15) is 28.9 Å². The van der Waals surface area contributed by atoms with Crippen molar-refractivity contribution in [3.63, 3.8) is 0 Å². The minimum atomic E-state index is -5.44. The number of hydrogen-bond acceptors (Lipinski definition) is 5. The van der Waals surface area contributed by atoms with Gasteiger partial charge in [0.15, 0.2) is 5.75 Å². The zero-order chi connectivity index (χ0) is 28.3. The van der Waals surface area contributed by atoms with E-state index in [1.54, 1.807) is 60.7 Å². The number of phenolic OH excluding ortho intramolecular Hbond substituents is 1. The van der Waals surface area contributed by atoms with Crippen molar-refractivity contribution in [3.05, 3.63) is 121 Å². The minimum Gasteiger partial charge on any atom is -0.506 e. The van der Waals surface area contributed by atoms with Crippen LogP contribution in [0.25, 0.3) is 44.5 Å². The maximum Gasteiger partial charge on any atom is 0.536 e. The lowest BCUT2D eigenvalue weighted by atomic mass is 9.83. The van der Waals surface area contributed by atoms with Crippen molar-refractivity contribution < 1.29 is 37.8 Å². The lowest BCUT2D eigenvalue weighted by Gasteiger charge is -2.26. The van der Waals surface area contributed by atoms with Crippen LogP contribution in [-0.4, -0.2) is 19.8 Å². The van der Waals surface area contributed by atoms with E-state index in [4.69, 9.17) is 4.52 Å². The second kappa shape index (κ2) is 11.2. The standard InChI is InChI=1S/C30H24O8P2/c31-29-26(22-15-7-2-8-16-22)25(21-13-5-1-6-14-21)27(23-17-9-3-10-18-23)30(28(29)24-19-11-4-12-20-24)37-40(35,36)38-39(32,33)34/h1-20,31H,(H,35,36)(H2,32,33,34). The van der Waals surface area contributed by atoms with Crippen LogP contribution in [0.15, 0.2) is 121 Å². The molecule has 0 heterocycles. The van der Waals surface area contributed by atoms with Gasteiger partial charge in [-0.15, -0.1) is 0 Å². The summed E-state index contributed by atoms with van der Waals surface area (Å²) in [6, 6.07) is 35.7. The van der Waals surface area contributed by atoms with Crippen molar-refractivity contribution >= 4 is 15.6 Å². The zero-order valence-corrected chi connectivity index (χ0v) is 22.7. The topological polar surface area (TPSA) is 134 Å². The van der Waals surface area contributed by atoms with Crippen molar-refractivity contribution in [2.45, 2.75) is 0 Å². The predicted octanol–water partition coefficient (Wildman–Crippen LogP) is 7.65. The normalized spacial score (nSPS) is 13.0. The van der Waals surface area contributed by atoms with Gasteiger partial charge in [-0.1, -0.05) is 121 Å². The largest absolute Gasteiger partial charge is 0.536 e. The second-order valence-corrected chi connectivity index (χ2v) is 11.5. The summed E-state index contributed by atoms with van der Waals surface area (Å²) in [6.45, 7) is 0. The first-order chi connectivity index (χ1) is 19.1. The Morgan fingerprint density at radius 2 is 0.825 bits per heavy atom. The molecule has 0 saturated carbocycles. The van der Waals surface area contributed by atoms with Gasteiger partial charge in [-0.3, -0.25) is 4.89 Å². The molecule has 0 aliphatic rings. The van der Waals surface area contributed by atoms with Crippen LogP contribution in [0, 0.1) is 0 Å². The van der Waals surface area contributed by atoms with E-state index < -0.39 is 15.6 Å². The van der Waals surface area contributed by atoms with Crippen LogP contribution in [0.4, 0.5) is 0 Å². The van der Waals surface area contributed by atoms with Gasteiger partial charge in [0.25, 0.3) is 0 Å². The Morgan fingerprint density at radius 3 is 1.23 bits per heavy atom. The average Bonchev–Trinajstić information content (AvgIpc) is 2.93. The minimum absolute atomic E-state index is 0.0431. The zero-order valence-electron chi connectivity index (χ0n) is 20.9. The number of phosphoric ester groups is 1. The third-order valence-corrected chi connectivity index (χ3v) is 8.18. The molecule has 40 heavy (non-hydrogen) atoms. The maximum atomic E-state index is 13.0. The third-order valence-electron chi connectivity index (χ3n) is 6.09. The smallest absolute Gasteiger partial charge is 0.506 e. The number of phosphoric acid groups is 2. The Bertz CT molecular complexity index is 1720. The first kappa shape index (κ1) is 27.6. The number of hydrogen-bond donors (Lipinski definition) is 4. The fourth-order valence-electron chi connectivity index (χ4n) is 4.60. The van der Waals surface area contributed by atoms with E-state index in [0.29, 0.717) is 38.9 Å². The van der Waals surface area contributed by atoms with E-state index >= 15 is 0 Å². The number of phenols is 1. The molecule has 5 rings (SSSR count). The molecule has 5 aromatic rings. The van der Waals surface area contributed by atoms with Crippen molar-refractivity contribution in [2.24, 2.45) is 0 Å². The Balaban J connectivity index is 1.99. The third kappa shape index (κ3) is 5.93. The molecule has 5 aromatic carbocycles. The van der Waals surface area contributed by atoms with Crippen molar-refractivity contribution in [3.8, 4) is 56.0 Å². The van der Waals surface area contributed by atoms with Crippen LogP contribution < -0.4 is 4.52 Å². The average molecular weight is 574 g/mol. The van der Waals surface area contributed by atoms with Crippen LogP contribution in [0.5, 0.6) is 11.5 Å². The van der Waals surface area contributed by atoms with Gasteiger partial charge in [-0.25, -0.2) is 9.13 Å². The molecule has 1 unspecified atom stereocenters. The van der Waals surface area contributed by atoms with Crippen LogP contribution in [0.1, 0.15) is 0 Å². The van der Waals surface area contributed by atoms with E-state index in [1.165, 1.54) is 0 Å². The summed E-state index contributed by atoms with van der Waals surface area (Å²) in [7, 11) is -10.9. The van der Waals surface area contributed by atoms with Crippen LogP contribution in [-0.2, 0) is 13.4 Å². The highest BCUT2D eigenvalue weighted by Crippen LogP contribution is 2.62. The molecular formula is C30H24O8P2. The summed E-state index contributed by atoms with van der Waals surface area (Å²) in [5.74, 6) is -0.546. The van der Waals surface area contributed by atoms with Gasteiger partial charge in [0.2, 0.25) is 0 Å². The molecule has 10 heteroatoms. The van der Waals surface area contributed by atoms with Crippen molar-refractivity contribution in [1.29, 1.82) is 0 Å². The molecule has 0 radical (unpaired) electrons. The molecule has 202 valence electrons. The van der Waals surface area contributed by atoms with E-state index in [0.717, 1.165) is 0 Å². The summed E-state index contributed by atoms with van der Waals surface area (Å²) in [5, 5.41) is 12.0. The maximum absolute atomic E-state index is 13.0. The molecular weight excluding hydrogens is 550 g/mol. The summed E-state index contributed by atoms with van der Waals surface area (Å²) in [5.41, 5.74) is 3.57. The molecule has 0 saturated heterocycles. The van der Waals surface area contributed by atoms with Crippen LogP contribution in [0.2, 0.25) is 0 Å². The van der Waals surface area contributed by atoms with Gasteiger partial charge < -0.3 is 19.4 Å². The van der Waals surface area contributed by atoms with Gasteiger partial charge >= 0.3 is 15.6 Å². The summed E-state index contributed by atoms with van der Waals surface area (Å²) < 4.78 is 34.3. The fraction of sp³-hybridized carbons (Fsp3) is 0. The molecule has 0 aromatic heterocycles. The molecule has 0 spiro atoms. The number of benzene rings is 5. The molecule has 1 atom stereocenters. The van der Waals surface area contributed by atoms with E-state index in [1.807, 2.05) is 60.7 Å². The van der Waals surface area contributed by atoms with Gasteiger partial charge in [0.1, 0.15) is 5.75 Å². The molecule has 0 bridgehead atoms. The summed E-state index contributed by atoms with van der Waals surface area (Å²) in [6.07, 6.45) is 0. The van der Waals surface area contributed by atoms with Crippen molar-refractivity contribution in [1.82, 2.24) is 0 Å². The van der Waals surface area contributed by atoms with Gasteiger partial charge in [-0.05, 0) is 22.3 Å². The van der Waals surface area contributed by atoms with Gasteiger partial charge in [-0.2, -0.15) is 4.31 Å².